The van der Waals surface area contributed by atoms with Crippen molar-refractivity contribution in [2.24, 2.45) is 4.99 Å². The van der Waals surface area contributed by atoms with E-state index in [1.807, 2.05) is 40.4 Å². The number of imidazole rings is 1. The van der Waals surface area contributed by atoms with Gasteiger partial charge in [-0.2, -0.15) is 0 Å². The van der Waals surface area contributed by atoms with Gasteiger partial charge in [-0.1, -0.05) is 18.2 Å². The number of thiazole rings is 1. The van der Waals surface area contributed by atoms with E-state index in [1.54, 1.807) is 18.4 Å². The van der Waals surface area contributed by atoms with Gasteiger partial charge >= 0.3 is 0 Å². The number of hydrogen-bond acceptors (Lipinski definition) is 4. The Labute approximate surface area is 156 Å². The topological polar surface area (TPSA) is 63.0 Å². The van der Waals surface area contributed by atoms with Crippen LogP contribution in [0.15, 0.2) is 47.0 Å². The first-order valence-electron chi connectivity index (χ1n) is 8.70. The third-order valence-electron chi connectivity index (χ3n) is 4.49. The Balaban J connectivity index is 1.47. The van der Waals surface area contributed by atoms with Crippen molar-refractivity contribution in [3.63, 3.8) is 0 Å². The minimum atomic E-state index is -0.223. The number of nitrogens with zero attached hydrogens (tertiary/aromatic N) is 3. The Bertz CT molecular complexity index is 914. The van der Waals surface area contributed by atoms with E-state index in [0.29, 0.717) is 6.54 Å². The molecule has 0 radical (unpaired) electrons. The summed E-state index contributed by atoms with van der Waals surface area (Å²) >= 11 is 1.63. The lowest BCUT2D eigenvalue weighted by Crippen LogP contribution is -2.45. The maximum Gasteiger partial charge on any atom is 0.193 e. The summed E-state index contributed by atoms with van der Waals surface area (Å²) < 4.78 is 8.14. The van der Waals surface area contributed by atoms with Crippen molar-refractivity contribution in [1.29, 1.82) is 0 Å². The molecule has 0 saturated carbocycles. The van der Waals surface area contributed by atoms with Gasteiger partial charge in [-0.15, -0.1) is 11.3 Å². The van der Waals surface area contributed by atoms with Crippen LogP contribution in [0, 0.1) is 0 Å². The first kappa shape index (κ1) is 16.9. The van der Waals surface area contributed by atoms with Crippen molar-refractivity contribution in [3.8, 4) is 5.75 Å². The second kappa shape index (κ2) is 6.64. The molecule has 0 spiro atoms. The zero-order valence-corrected chi connectivity index (χ0v) is 16.0. The molecule has 136 valence electrons. The first-order chi connectivity index (χ1) is 12.5. The minimum absolute atomic E-state index is 0.145. The highest BCUT2D eigenvalue weighted by atomic mass is 32.1. The highest BCUT2D eigenvalue weighted by molar-refractivity contribution is 7.15. The van der Waals surface area contributed by atoms with Crippen LogP contribution < -0.4 is 15.4 Å². The molecule has 6 nitrogen and oxygen atoms in total. The van der Waals surface area contributed by atoms with Gasteiger partial charge < -0.3 is 15.4 Å². The predicted octanol–water partition coefficient (Wildman–Crippen LogP) is 3.36. The van der Waals surface area contributed by atoms with Gasteiger partial charge in [0.2, 0.25) is 0 Å². The number of aromatic nitrogens is 2. The highest BCUT2D eigenvalue weighted by Crippen LogP contribution is 2.39. The quantitative estimate of drug-likeness (QED) is 0.549. The van der Waals surface area contributed by atoms with Crippen molar-refractivity contribution in [1.82, 2.24) is 20.0 Å². The van der Waals surface area contributed by atoms with Crippen LogP contribution in [-0.2, 0) is 6.54 Å². The van der Waals surface area contributed by atoms with Crippen LogP contribution in [-0.4, -0.2) is 28.0 Å². The molecular formula is C19H23N5OS. The summed E-state index contributed by atoms with van der Waals surface area (Å²) in [5, 5.41) is 8.94. The molecule has 0 bridgehead atoms. The third kappa shape index (κ3) is 3.39. The molecule has 1 unspecified atom stereocenters. The largest absolute Gasteiger partial charge is 0.487 e. The number of aliphatic imine (C=N–C) groups is 1. The van der Waals surface area contributed by atoms with E-state index in [1.165, 1.54) is 0 Å². The van der Waals surface area contributed by atoms with E-state index in [4.69, 9.17) is 4.74 Å². The van der Waals surface area contributed by atoms with Gasteiger partial charge in [-0.25, -0.2) is 4.98 Å². The van der Waals surface area contributed by atoms with E-state index >= 15 is 0 Å². The van der Waals surface area contributed by atoms with Crippen LogP contribution >= 0.6 is 11.3 Å². The molecule has 0 amide bonds. The maximum atomic E-state index is 6.11. The van der Waals surface area contributed by atoms with Crippen molar-refractivity contribution in [2.45, 2.75) is 38.5 Å². The van der Waals surface area contributed by atoms with E-state index in [2.05, 4.69) is 40.5 Å². The van der Waals surface area contributed by atoms with Gasteiger partial charge in [-0.05, 0) is 19.9 Å². The summed E-state index contributed by atoms with van der Waals surface area (Å²) in [5.41, 5.74) is 1.93. The van der Waals surface area contributed by atoms with E-state index in [-0.39, 0.29) is 11.6 Å². The molecular weight excluding hydrogens is 346 g/mol. The molecule has 1 atom stereocenters. The summed E-state index contributed by atoms with van der Waals surface area (Å²) in [4.78, 5) is 9.99. The monoisotopic (exact) mass is 369 g/mol. The summed E-state index contributed by atoms with van der Waals surface area (Å²) in [6.45, 7) is 4.86. The minimum Gasteiger partial charge on any atom is -0.487 e. The molecule has 1 aliphatic heterocycles. The molecule has 3 aromatic rings. The number of guanidine groups is 1. The summed E-state index contributed by atoms with van der Waals surface area (Å²) in [5.74, 6) is 1.70. The Morgan fingerprint density at radius 2 is 2.27 bits per heavy atom. The molecule has 3 heterocycles. The predicted molar refractivity (Wildman–Crippen MR) is 105 cm³/mol. The summed E-state index contributed by atoms with van der Waals surface area (Å²) in [7, 11) is 1.79. The molecule has 26 heavy (non-hydrogen) atoms. The van der Waals surface area contributed by atoms with Gasteiger partial charge in [0.05, 0.1) is 18.3 Å². The Kier molecular flexibility index (Phi) is 4.32. The lowest BCUT2D eigenvalue weighted by atomic mass is 9.90. The Hall–Kier alpha value is -2.54. The fourth-order valence-electron chi connectivity index (χ4n) is 3.33. The van der Waals surface area contributed by atoms with Crippen molar-refractivity contribution < 1.29 is 4.74 Å². The van der Waals surface area contributed by atoms with Crippen molar-refractivity contribution >= 4 is 22.3 Å². The van der Waals surface area contributed by atoms with Crippen molar-refractivity contribution in [3.05, 3.63) is 53.3 Å². The number of rotatable bonds is 3. The second-order valence-corrected chi connectivity index (χ2v) is 7.92. The van der Waals surface area contributed by atoms with Gasteiger partial charge in [0.15, 0.2) is 10.9 Å². The van der Waals surface area contributed by atoms with Gasteiger partial charge in [-0.3, -0.25) is 9.39 Å². The van der Waals surface area contributed by atoms with Crippen molar-refractivity contribution in [2.75, 3.05) is 7.05 Å². The second-order valence-electron chi connectivity index (χ2n) is 7.05. The van der Waals surface area contributed by atoms with Crippen LogP contribution in [0.2, 0.25) is 0 Å². The summed E-state index contributed by atoms with van der Waals surface area (Å²) in [6.07, 6.45) is 4.93. The molecule has 1 aromatic carbocycles. The average Bonchev–Trinajstić information content (AvgIpc) is 3.19. The van der Waals surface area contributed by atoms with Crippen LogP contribution in [0.5, 0.6) is 5.75 Å². The summed E-state index contributed by atoms with van der Waals surface area (Å²) in [6, 6.07) is 8.34. The van der Waals surface area contributed by atoms with E-state index < -0.39 is 0 Å². The number of benzene rings is 1. The Morgan fingerprint density at radius 3 is 3.08 bits per heavy atom. The number of hydrogen-bond donors (Lipinski definition) is 2. The molecule has 2 N–H and O–H groups in total. The number of para-hydroxylation sites is 1. The zero-order valence-electron chi connectivity index (χ0n) is 15.2. The standard InChI is InChI=1S/C19H23N5OS/c1-19(2)10-15(14-6-4-5-7-16(14)25-19)23-17(20-3)21-11-13-12-24-8-9-26-18(24)22-13/h4-9,12,15H,10-11H2,1-3H3,(H2,20,21,23). The molecule has 0 aliphatic carbocycles. The van der Waals surface area contributed by atoms with Crippen LogP contribution in [0.3, 0.4) is 0 Å². The number of nitrogens with one attached hydrogen (secondary N) is 2. The zero-order chi connectivity index (χ0) is 18.1. The Morgan fingerprint density at radius 1 is 1.42 bits per heavy atom. The van der Waals surface area contributed by atoms with Crippen LogP contribution in [0.1, 0.15) is 37.6 Å². The van der Waals surface area contributed by atoms with Crippen LogP contribution in [0.4, 0.5) is 0 Å². The third-order valence-corrected chi connectivity index (χ3v) is 5.26. The van der Waals surface area contributed by atoms with Crippen LogP contribution in [0.25, 0.3) is 4.96 Å². The number of fused-ring (bicyclic) bond motifs is 2. The van der Waals surface area contributed by atoms with E-state index in [9.17, 15) is 0 Å². The molecule has 1 aliphatic rings. The molecule has 0 fully saturated rings. The lowest BCUT2D eigenvalue weighted by Gasteiger charge is -2.38. The van der Waals surface area contributed by atoms with E-state index in [0.717, 1.165) is 34.3 Å². The first-order valence-corrected chi connectivity index (χ1v) is 9.58. The van der Waals surface area contributed by atoms with Gasteiger partial charge in [0, 0.05) is 36.8 Å². The lowest BCUT2D eigenvalue weighted by molar-refractivity contribution is 0.0694. The van der Waals surface area contributed by atoms with Gasteiger partial charge in [0.25, 0.3) is 0 Å². The smallest absolute Gasteiger partial charge is 0.193 e. The fourth-order valence-corrected chi connectivity index (χ4v) is 4.05. The SMILES string of the molecule is CN=C(NCc1cn2ccsc2n1)NC1CC(C)(C)Oc2ccccc21. The fraction of sp³-hybridized carbons (Fsp3) is 0.368. The molecule has 4 rings (SSSR count). The molecule has 2 aromatic heterocycles. The normalized spacial score (nSPS) is 19.0. The molecule has 7 heteroatoms. The highest BCUT2D eigenvalue weighted by Gasteiger charge is 2.33. The maximum absolute atomic E-state index is 6.11. The molecule has 0 saturated heterocycles. The van der Waals surface area contributed by atoms with Gasteiger partial charge in [0.1, 0.15) is 11.4 Å². The number of ether oxygens (including phenoxy) is 1. The average molecular weight is 369 g/mol.